The van der Waals surface area contributed by atoms with Gasteiger partial charge in [0, 0.05) is 12.3 Å². The predicted octanol–water partition coefficient (Wildman–Crippen LogP) is 3.70. The van der Waals surface area contributed by atoms with Gasteiger partial charge in [-0.2, -0.15) is 0 Å². The monoisotopic (exact) mass is 303 g/mol. The molecule has 0 aliphatic rings. The fraction of sp³-hybridized carbons (Fsp3) is 0.438. The summed E-state index contributed by atoms with van der Waals surface area (Å²) in [4.78, 5) is 12.0. The smallest absolute Gasteiger partial charge is 0.229 e. The number of hydrogen-bond acceptors (Lipinski definition) is 4. The minimum absolute atomic E-state index is 0.0470. The third-order valence-corrected chi connectivity index (χ3v) is 4.42. The number of carbonyl (C=O) groups is 1. The second-order valence-electron chi connectivity index (χ2n) is 4.99. The van der Waals surface area contributed by atoms with Crippen LogP contribution in [0.4, 0.5) is 5.13 Å². The molecule has 1 aromatic heterocycles. The first-order valence-electron chi connectivity index (χ1n) is 7.40. The fourth-order valence-electron chi connectivity index (χ4n) is 2.17. The van der Waals surface area contributed by atoms with Gasteiger partial charge in [-0.3, -0.25) is 4.79 Å². The van der Waals surface area contributed by atoms with Crippen molar-refractivity contribution in [1.82, 2.24) is 10.2 Å². The van der Waals surface area contributed by atoms with Gasteiger partial charge >= 0.3 is 0 Å². The molecule has 0 radical (unpaired) electrons. The molecule has 0 unspecified atom stereocenters. The van der Waals surface area contributed by atoms with Gasteiger partial charge in [0.05, 0.1) is 0 Å². The van der Waals surface area contributed by atoms with Crippen LogP contribution < -0.4 is 5.32 Å². The lowest BCUT2D eigenvalue weighted by molar-refractivity contribution is -0.120. The number of anilines is 1. The Balaban J connectivity index is 1.88. The lowest BCUT2D eigenvalue weighted by Gasteiger charge is -2.09. The minimum atomic E-state index is 0.0470. The van der Waals surface area contributed by atoms with Crippen molar-refractivity contribution in [3.8, 4) is 0 Å². The number of aryl methyl sites for hydroxylation is 2. The molecule has 112 valence electrons. The van der Waals surface area contributed by atoms with Gasteiger partial charge in [0.2, 0.25) is 11.0 Å². The summed E-state index contributed by atoms with van der Waals surface area (Å²) >= 11 is 1.46. The molecule has 2 rings (SSSR count). The Morgan fingerprint density at radius 1 is 1.14 bits per heavy atom. The quantitative estimate of drug-likeness (QED) is 0.848. The van der Waals surface area contributed by atoms with Gasteiger partial charge in [-0.05, 0) is 24.8 Å². The van der Waals surface area contributed by atoms with Crippen molar-refractivity contribution in [3.05, 3.63) is 40.9 Å². The Kier molecular flexibility index (Phi) is 5.87. The molecule has 5 heteroatoms. The van der Waals surface area contributed by atoms with Crippen LogP contribution in [0, 0.1) is 5.92 Å². The van der Waals surface area contributed by atoms with Crippen molar-refractivity contribution < 1.29 is 4.79 Å². The van der Waals surface area contributed by atoms with Crippen molar-refractivity contribution in [2.45, 2.75) is 39.5 Å². The highest BCUT2D eigenvalue weighted by Gasteiger charge is 2.16. The van der Waals surface area contributed by atoms with Crippen LogP contribution in [0.2, 0.25) is 0 Å². The highest BCUT2D eigenvalue weighted by Crippen LogP contribution is 2.19. The van der Waals surface area contributed by atoms with E-state index in [1.807, 2.05) is 32.0 Å². The van der Waals surface area contributed by atoms with Gasteiger partial charge in [0.25, 0.3) is 0 Å². The number of carbonyl (C=O) groups excluding carboxylic acids is 1. The maximum atomic E-state index is 12.0. The van der Waals surface area contributed by atoms with Gasteiger partial charge in [-0.25, -0.2) is 0 Å². The van der Waals surface area contributed by atoms with E-state index in [-0.39, 0.29) is 11.8 Å². The molecule has 2 aromatic rings. The molecule has 0 aliphatic heterocycles. The molecular weight excluding hydrogens is 282 g/mol. The number of hydrogen-bond donors (Lipinski definition) is 1. The first kappa shape index (κ1) is 15.6. The molecule has 0 fully saturated rings. The molecule has 0 aliphatic carbocycles. The second kappa shape index (κ2) is 7.88. The summed E-state index contributed by atoms with van der Waals surface area (Å²) < 4.78 is 0. The zero-order chi connectivity index (χ0) is 15.1. The molecule has 21 heavy (non-hydrogen) atoms. The molecule has 1 amide bonds. The average Bonchev–Trinajstić information content (AvgIpc) is 2.95. The summed E-state index contributed by atoms with van der Waals surface area (Å²) in [7, 11) is 0. The van der Waals surface area contributed by atoms with Crippen LogP contribution in [0.25, 0.3) is 0 Å². The summed E-state index contributed by atoms with van der Waals surface area (Å²) in [6.45, 7) is 4.05. The fourth-order valence-corrected chi connectivity index (χ4v) is 2.91. The molecule has 0 bridgehead atoms. The Morgan fingerprint density at radius 2 is 1.86 bits per heavy atom. The van der Waals surface area contributed by atoms with Gasteiger partial charge in [0.15, 0.2) is 0 Å². The van der Waals surface area contributed by atoms with E-state index in [0.29, 0.717) is 5.13 Å². The van der Waals surface area contributed by atoms with Crippen LogP contribution in [-0.2, 0) is 17.6 Å². The lowest BCUT2D eigenvalue weighted by Crippen LogP contribution is -2.21. The summed E-state index contributed by atoms with van der Waals surface area (Å²) in [5.74, 6) is 0.104. The minimum Gasteiger partial charge on any atom is -0.300 e. The summed E-state index contributed by atoms with van der Waals surface area (Å²) in [5.41, 5.74) is 1.29. The van der Waals surface area contributed by atoms with Crippen molar-refractivity contribution in [1.29, 1.82) is 0 Å². The van der Waals surface area contributed by atoms with Crippen LogP contribution in [0.5, 0.6) is 0 Å². The second-order valence-corrected chi connectivity index (χ2v) is 6.05. The number of amides is 1. The molecule has 0 saturated heterocycles. The van der Waals surface area contributed by atoms with Crippen molar-refractivity contribution >= 4 is 22.4 Å². The highest BCUT2D eigenvalue weighted by molar-refractivity contribution is 7.15. The molecule has 1 aromatic carbocycles. The maximum Gasteiger partial charge on any atom is 0.229 e. The van der Waals surface area contributed by atoms with Crippen LogP contribution in [0.3, 0.4) is 0 Å². The Labute approximate surface area is 129 Å². The molecule has 0 spiro atoms. The molecular formula is C16H21N3OS. The molecule has 1 heterocycles. The highest BCUT2D eigenvalue weighted by atomic mass is 32.1. The Bertz CT molecular complexity index is 564. The van der Waals surface area contributed by atoms with Crippen molar-refractivity contribution in [2.75, 3.05) is 5.32 Å². The van der Waals surface area contributed by atoms with E-state index in [4.69, 9.17) is 0 Å². The standard InChI is InChI=1S/C16H21N3OS/c1-3-13(4-2)15(20)17-16-19-18-14(21-16)11-10-12-8-6-5-7-9-12/h5-9,13H,3-4,10-11H2,1-2H3,(H,17,19,20). The zero-order valence-corrected chi connectivity index (χ0v) is 13.3. The predicted molar refractivity (Wildman–Crippen MR) is 86.5 cm³/mol. The van der Waals surface area contributed by atoms with Crippen LogP contribution in [0.1, 0.15) is 37.3 Å². The van der Waals surface area contributed by atoms with Gasteiger partial charge in [-0.1, -0.05) is 55.5 Å². The normalized spacial score (nSPS) is 10.8. The van der Waals surface area contributed by atoms with Gasteiger partial charge in [-0.15, -0.1) is 10.2 Å². The topological polar surface area (TPSA) is 54.9 Å². The van der Waals surface area contributed by atoms with Crippen molar-refractivity contribution in [2.24, 2.45) is 5.92 Å². The maximum absolute atomic E-state index is 12.0. The Morgan fingerprint density at radius 3 is 2.52 bits per heavy atom. The SMILES string of the molecule is CCC(CC)C(=O)Nc1nnc(CCc2ccccc2)s1. The van der Waals surface area contributed by atoms with Crippen LogP contribution in [0.15, 0.2) is 30.3 Å². The number of rotatable bonds is 7. The van der Waals surface area contributed by atoms with E-state index in [0.717, 1.165) is 30.7 Å². The number of nitrogens with one attached hydrogen (secondary N) is 1. The first-order chi connectivity index (χ1) is 10.2. The van der Waals surface area contributed by atoms with Crippen molar-refractivity contribution in [3.63, 3.8) is 0 Å². The van der Waals surface area contributed by atoms with E-state index in [9.17, 15) is 4.79 Å². The molecule has 0 atom stereocenters. The number of nitrogens with zero attached hydrogens (tertiary/aromatic N) is 2. The van der Waals surface area contributed by atoms with E-state index in [1.165, 1.54) is 16.9 Å². The van der Waals surface area contributed by atoms with Gasteiger partial charge in [0.1, 0.15) is 5.01 Å². The van der Waals surface area contributed by atoms with E-state index in [2.05, 4.69) is 27.6 Å². The average molecular weight is 303 g/mol. The van der Waals surface area contributed by atoms with E-state index < -0.39 is 0 Å². The third kappa shape index (κ3) is 4.63. The zero-order valence-electron chi connectivity index (χ0n) is 12.5. The molecule has 1 N–H and O–H groups in total. The van der Waals surface area contributed by atoms with E-state index in [1.54, 1.807) is 0 Å². The summed E-state index contributed by atoms with van der Waals surface area (Å²) in [6, 6.07) is 10.3. The largest absolute Gasteiger partial charge is 0.300 e. The summed E-state index contributed by atoms with van der Waals surface area (Å²) in [5, 5.41) is 12.6. The number of aromatic nitrogens is 2. The first-order valence-corrected chi connectivity index (χ1v) is 8.21. The molecule has 0 saturated carbocycles. The van der Waals surface area contributed by atoms with Crippen LogP contribution in [-0.4, -0.2) is 16.1 Å². The summed E-state index contributed by atoms with van der Waals surface area (Å²) in [6.07, 6.45) is 3.49. The lowest BCUT2D eigenvalue weighted by atomic mass is 10.0. The number of benzene rings is 1. The third-order valence-electron chi connectivity index (χ3n) is 3.52. The van der Waals surface area contributed by atoms with Crippen LogP contribution >= 0.6 is 11.3 Å². The molecule has 4 nitrogen and oxygen atoms in total. The van der Waals surface area contributed by atoms with Gasteiger partial charge < -0.3 is 5.32 Å². The van der Waals surface area contributed by atoms with E-state index >= 15 is 0 Å². The Hall–Kier alpha value is -1.75.